The van der Waals surface area contributed by atoms with Gasteiger partial charge in [-0.25, -0.2) is 13.2 Å². The van der Waals surface area contributed by atoms with Gasteiger partial charge in [-0.1, -0.05) is 6.07 Å². The highest BCUT2D eigenvalue weighted by atomic mass is 32.2. The maximum Gasteiger partial charge on any atom is 0.319 e. The van der Waals surface area contributed by atoms with Crippen molar-refractivity contribution < 1.29 is 18.0 Å². The van der Waals surface area contributed by atoms with Gasteiger partial charge in [0.1, 0.15) is 0 Å². The van der Waals surface area contributed by atoms with Crippen LogP contribution < -0.4 is 15.5 Å². The molecule has 0 bridgehead atoms. The van der Waals surface area contributed by atoms with Crippen molar-refractivity contribution in [2.75, 3.05) is 36.4 Å². The number of hydrogen-bond acceptors (Lipinski definition) is 6. The summed E-state index contributed by atoms with van der Waals surface area (Å²) in [4.78, 5) is 29.9. The molecule has 0 aliphatic carbocycles. The predicted octanol–water partition coefficient (Wildman–Crippen LogP) is 3.12. The first-order chi connectivity index (χ1) is 16.8. The minimum atomic E-state index is -3.65. The summed E-state index contributed by atoms with van der Waals surface area (Å²) in [6.45, 7) is 3.67. The Labute approximate surface area is 204 Å². The first kappa shape index (κ1) is 24.4. The van der Waals surface area contributed by atoms with Crippen molar-refractivity contribution in [3.63, 3.8) is 0 Å². The van der Waals surface area contributed by atoms with Crippen LogP contribution in [0.4, 0.5) is 16.2 Å². The number of ketones is 1. The number of benzene rings is 2. The number of nitrogens with one attached hydrogen (secondary N) is 2. The molecule has 2 heterocycles. The number of carbonyl (C=O) groups is 2. The molecule has 2 amide bonds. The normalized spacial score (nSPS) is 14.4. The maximum atomic E-state index is 13.1. The minimum Gasteiger partial charge on any atom is -0.369 e. The SMILES string of the molecule is CC(=O)c1ccc(N2CCN(S(=O)(=O)c3ccc(NC(=O)NCc4cccnc4)cc3)CC2)cc1. The molecule has 10 heteroatoms. The van der Waals surface area contributed by atoms with Gasteiger partial charge in [-0.2, -0.15) is 4.31 Å². The number of Topliss-reactive ketones (excluding diaryl/α,β-unsaturated/α-hetero) is 1. The van der Waals surface area contributed by atoms with Crippen LogP contribution in [0.15, 0.2) is 78.0 Å². The highest BCUT2D eigenvalue weighted by Gasteiger charge is 2.28. The molecule has 3 aromatic rings. The zero-order chi connectivity index (χ0) is 24.8. The van der Waals surface area contributed by atoms with Crippen LogP contribution in [-0.4, -0.2) is 55.7 Å². The Balaban J connectivity index is 1.31. The monoisotopic (exact) mass is 493 g/mol. The quantitative estimate of drug-likeness (QED) is 0.489. The Kier molecular flexibility index (Phi) is 7.42. The third-order valence-electron chi connectivity index (χ3n) is 5.80. The van der Waals surface area contributed by atoms with Crippen molar-refractivity contribution in [1.82, 2.24) is 14.6 Å². The van der Waals surface area contributed by atoms with Crippen molar-refractivity contribution in [2.45, 2.75) is 18.4 Å². The number of piperazine rings is 1. The molecular formula is C25H27N5O4S. The molecule has 2 N–H and O–H groups in total. The number of anilines is 2. The van der Waals surface area contributed by atoms with E-state index in [4.69, 9.17) is 0 Å². The van der Waals surface area contributed by atoms with Gasteiger partial charge in [-0.3, -0.25) is 9.78 Å². The smallest absolute Gasteiger partial charge is 0.319 e. The lowest BCUT2D eigenvalue weighted by atomic mass is 10.1. The number of hydrogen-bond donors (Lipinski definition) is 2. The van der Waals surface area contributed by atoms with Gasteiger partial charge in [-0.05, 0) is 67.1 Å². The lowest BCUT2D eigenvalue weighted by Crippen LogP contribution is -2.48. The van der Waals surface area contributed by atoms with E-state index in [9.17, 15) is 18.0 Å². The molecule has 0 spiro atoms. The van der Waals surface area contributed by atoms with Crippen molar-refractivity contribution in [2.24, 2.45) is 0 Å². The first-order valence-corrected chi connectivity index (χ1v) is 12.7. The molecule has 0 atom stereocenters. The molecule has 2 aromatic carbocycles. The fraction of sp³-hybridized carbons (Fsp3) is 0.240. The molecule has 0 radical (unpaired) electrons. The second-order valence-corrected chi connectivity index (χ2v) is 10.1. The summed E-state index contributed by atoms with van der Waals surface area (Å²) in [5.41, 5.74) is 2.98. The molecule has 1 aromatic heterocycles. The topological polar surface area (TPSA) is 112 Å². The summed E-state index contributed by atoms with van der Waals surface area (Å²) >= 11 is 0. The van der Waals surface area contributed by atoms with Gasteiger partial charge in [0.25, 0.3) is 0 Å². The highest BCUT2D eigenvalue weighted by Crippen LogP contribution is 2.23. The van der Waals surface area contributed by atoms with E-state index in [0.29, 0.717) is 44.0 Å². The van der Waals surface area contributed by atoms with Gasteiger partial charge < -0.3 is 15.5 Å². The molecule has 35 heavy (non-hydrogen) atoms. The summed E-state index contributed by atoms with van der Waals surface area (Å²) < 4.78 is 27.7. The highest BCUT2D eigenvalue weighted by molar-refractivity contribution is 7.89. The maximum absolute atomic E-state index is 13.1. The summed E-state index contributed by atoms with van der Waals surface area (Å²) in [5, 5.41) is 5.43. The lowest BCUT2D eigenvalue weighted by molar-refractivity contribution is 0.101. The van der Waals surface area contributed by atoms with E-state index in [-0.39, 0.29) is 10.7 Å². The Hall–Kier alpha value is -3.76. The van der Waals surface area contributed by atoms with Gasteiger partial charge in [0, 0.05) is 62.1 Å². The van der Waals surface area contributed by atoms with Gasteiger partial charge in [0.05, 0.1) is 4.90 Å². The van der Waals surface area contributed by atoms with E-state index in [0.717, 1.165) is 11.3 Å². The van der Waals surface area contributed by atoms with E-state index in [1.165, 1.54) is 23.4 Å². The molecule has 9 nitrogen and oxygen atoms in total. The summed E-state index contributed by atoms with van der Waals surface area (Å²) in [5.74, 6) is 0.0130. The Bertz CT molecular complexity index is 1270. The van der Waals surface area contributed by atoms with Crippen molar-refractivity contribution >= 4 is 33.2 Å². The molecular weight excluding hydrogens is 466 g/mol. The van der Waals surface area contributed by atoms with Crippen LogP contribution in [0.25, 0.3) is 0 Å². The van der Waals surface area contributed by atoms with Crippen LogP contribution in [0.5, 0.6) is 0 Å². The number of pyridine rings is 1. The molecule has 1 saturated heterocycles. The summed E-state index contributed by atoms with van der Waals surface area (Å²) in [7, 11) is -3.65. The predicted molar refractivity (Wildman–Crippen MR) is 134 cm³/mol. The third-order valence-corrected chi connectivity index (χ3v) is 7.72. The van der Waals surface area contributed by atoms with Gasteiger partial charge in [0.2, 0.25) is 10.0 Å². The van der Waals surface area contributed by atoms with Crippen molar-refractivity contribution in [3.8, 4) is 0 Å². The molecule has 4 rings (SSSR count). The van der Waals surface area contributed by atoms with Crippen LogP contribution in [0.3, 0.4) is 0 Å². The number of amides is 2. The van der Waals surface area contributed by atoms with E-state index in [2.05, 4.69) is 20.5 Å². The van der Waals surface area contributed by atoms with Gasteiger partial charge in [-0.15, -0.1) is 0 Å². The van der Waals surface area contributed by atoms with E-state index in [1.54, 1.807) is 42.7 Å². The second-order valence-electron chi connectivity index (χ2n) is 8.19. The van der Waals surface area contributed by atoms with Gasteiger partial charge in [0.15, 0.2) is 5.78 Å². The Morgan fingerprint density at radius 2 is 1.63 bits per heavy atom. The third kappa shape index (κ3) is 6.03. The van der Waals surface area contributed by atoms with Crippen LogP contribution in [0.2, 0.25) is 0 Å². The molecule has 182 valence electrons. The zero-order valence-electron chi connectivity index (χ0n) is 19.3. The van der Waals surface area contributed by atoms with Crippen molar-refractivity contribution in [1.29, 1.82) is 0 Å². The van der Waals surface area contributed by atoms with E-state index < -0.39 is 16.1 Å². The average Bonchev–Trinajstić information content (AvgIpc) is 2.88. The second kappa shape index (κ2) is 10.7. The number of carbonyl (C=O) groups excluding carboxylic acids is 2. The Morgan fingerprint density at radius 3 is 2.23 bits per heavy atom. The average molecular weight is 494 g/mol. The summed E-state index contributed by atoms with van der Waals surface area (Å²) in [6, 6.07) is 16.8. The van der Waals surface area contributed by atoms with E-state index in [1.807, 2.05) is 18.2 Å². The summed E-state index contributed by atoms with van der Waals surface area (Å²) in [6.07, 6.45) is 3.33. The van der Waals surface area contributed by atoms with Crippen molar-refractivity contribution in [3.05, 3.63) is 84.2 Å². The fourth-order valence-corrected chi connectivity index (χ4v) is 5.24. The standard InChI is InChI=1S/C25H27N5O4S/c1-19(31)21-4-8-23(9-5-21)29-13-15-30(16-14-29)35(33,34)24-10-6-22(7-11-24)28-25(32)27-18-20-3-2-12-26-17-20/h2-12,17H,13-16,18H2,1H3,(H2,27,28,32). The van der Waals surface area contributed by atoms with Crippen LogP contribution in [0, 0.1) is 0 Å². The fourth-order valence-electron chi connectivity index (χ4n) is 3.81. The molecule has 1 fully saturated rings. The number of rotatable bonds is 7. The zero-order valence-corrected chi connectivity index (χ0v) is 20.2. The van der Waals surface area contributed by atoms with Crippen LogP contribution in [-0.2, 0) is 16.6 Å². The molecule has 1 aliphatic heterocycles. The lowest BCUT2D eigenvalue weighted by Gasteiger charge is -2.35. The number of urea groups is 1. The number of nitrogens with zero attached hydrogens (tertiary/aromatic N) is 3. The minimum absolute atomic E-state index is 0.0130. The first-order valence-electron chi connectivity index (χ1n) is 11.2. The van der Waals surface area contributed by atoms with Gasteiger partial charge >= 0.3 is 6.03 Å². The molecule has 0 saturated carbocycles. The van der Waals surface area contributed by atoms with E-state index >= 15 is 0 Å². The molecule has 1 aliphatic rings. The Morgan fingerprint density at radius 1 is 0.943 bits per heavy atom. The number of aromatic nitrogens is 1. The van der Waals surface area contributed by atoms with Crippen LogP contribution in [0.1, 0.15) is 22.8 Å². The largest absolute Gasteiger partial charge is 0.369 e. The van der Waals surface area contributed by atoms with Crippen LogP contribution >= 0.6 is 0 Å². The molecule has 0 unspecified atom stereocenters. The number of sulfonamides is 1.